The van der Waals surface area contributed by atoms with Gasteiger partial charge in [0.25, 0.3) is 0 Å². The van der Waals surface area contributed by atoms with Gasteiger partial charge in [-0.1, -0.05) is 29.8 Å². The highest BCUT2D eigenvalue weighted by molar-refractivity contribution is 9.09. The molecule has 0 radical (unpaired) electrons. The van der Waals surface area contributed by atoms with Crippen LogP contribution in [0.1, 0.15) is 26.7 Å². The van der Waals surface area contributed by atoms with Crippen molar-refractivity contribution in [2.24, 2.45) is 5.41 Å². The van der Waals surface area contributed by atoms with Crippen LogP contribution >= 0.6 is 27.7 Å². The van der Waals surface area contributed by atoms with E-state index in [1.165, 1.54) is 44.0 Å². The van der Waals surface area contributed by atoms with E-state index in [2.05, 4.69) is 46.4 Å². The molecule has 0 amide bonds. The fourth-order valence-corrected chi connectivity index (χ4v) is 3.89. The van der Waals surface area contributed by atoms with Gasteiger partial charge in [0.2, 0.25) is 0 Å². The second-order valence-electron chi connectivity index (χ2n) is 4.23. The number of alkyl halides is 1. The van der Waals surface area contributed by atoms with Gasteiger partial charge in [-0.15, -0.1) is 0 Å². The summed E-state index contributed by atoms with van der Waals surface area (Å²) in [5.41, 5.74) is 0.516. The van der Waals surface area contributed by atoms with Gasteiger partial charge in [-0.2, -0.15) is 11.8 Å². The smallest absolute Gasteiger partial charge is 0.01000 e. The summed E-state index contributed by atoms with van der Waals surface area (Å²) >= 11 is 5.78. The van der Waals surface area contributed by atoms with E-state index < -0.39 is 0 Å². The van der Waals surface area contributed by atoms with Crippen molar-refractivity contribution >= 4 is 27.7 Å². The molecule has 0 atom stereocenters. The zero-order valence-electron chi connectivity index (χ0n) is 9.39. The number of halogens is 1. The predicted octanol–water partition coefficient (Wildman–Crippen LogP) is 3.24. The number of hydrogen-bond acceptors (Lipinski definition) is 2. The van der Waals surface area contributed by atoms with E-state index in [9.17, 15) is 0 Å². The van der Waals surface area contributed by atoms with Gasteiger partial charge in [-0.25, -0.2) is 0 Å². The van der Waals surface area contributed by atoms with Crippen molar-refractivity contribution in [1.82, 2.24) is 4.90 Å². The Labute approximate surface area is 101 Å². The molecule has 1 saturated heterocycles. The van der Waals surface area contributed by atoms with Crippen LogP contribution in [-0.4, -0.2) is 41.4 Å². The molecule has 0 aromatic heterocycles. The summed E-state index contributed by atoms with van der Waals surface area (Å²) in [6.45, 7) is 8.51. The van der Waals surface area contributed by atoms with Crippen molar-refractivity contribution in [3.05, 3.63) is 0 Å². The summed E-state index contributed by atoms with van der Waals surface area (Å²) in [6, 6.07) is 0. The number of rotatable bonds is 5. The van der Waals surface area contributed by atoms with Crippen LogP contribution in [-0.2, 0) is 0 Å². The second kappa shape index (κ2) is 6.39. The van der Waals surface area contributed by atoms with E-state index in [1.807, 2.05) is 0 Å². The molecule has 1 rings (SSSR count). The topological polar surface area (TPSA) is 3.24 Å². The van der Waals surface area contributed by atoms with Crippen LogP contribution in [0.25, 0.3) is 0 Å². The molecule has 1 nitrogen and oxygen atoms in total. The first-order valence-electron chi connectivity index (χ1n) is 5.62. The van der Waals surface area contributed by atoms with E-state index in [-0.39, 0.29) is 0 Å². The molecule has 1 fully saturated rings. The van der Waals surface area contributed by atoms with E-state index in [0.29, 0.717) is 5.41 Å². The van der Waals surface area contributed by atoms with E-state index in [1.54, 1.807) is 0 Å². The maximum absolute atomic E-state index is 3.69. The lowest BCUT2D eigenvalue weighted by Gasteiger charge is -2.37. The second-order valence-corrected chi connectivity index (χ2v) is 6.01. The standard InChI is InChI=1S/C11H22BrNS/c1-3-11(4-2,9-12)10-13-5-7-14-8-6-13/h3-10H2,1-2H3. The molecular formula is C11H22BrNS. The third kappa shape index (κ3) is 3.42. The molecule has 0 unspecified atom stereocenters. The van der Waals surface area contributed by atoms with Crippen molar-refractivity contribution in [3.8, 4) is 0 Å². The van der Waals surface area contributed by atoms with Crippen LogP contribution < -0.4 is 0 Å². The van der Waals surface area contributed by atoms with E-state index in [0.717, 1.165) is 5.33 Å². The highest BCUT2D eigenvalue weighted by atomic mass is 79.9. The minimum atomic E-state index is 0.516. The largest absolute Gasteiger partial charge is 0.301 e. The summed E-state index contributed by atoms with van der Waals surface area (Å²) < 4.78 is 0. The summed E-state index contributed by atoms with van der Waals surface area (Å²) in [5, 5.41) is 1.15. The molecule has 1 heterocycles. The van der Waals surface area contributed by atoms with Crippen LogP contribution in [0.2, 0.25) is 0 Å². The Morgan fingerprint density at radius 3 is 2.21 bits per heavy atom. The van der Waals surface area contributed by atoms with Crippen molar-refractivity contribution in [2.75, 3.05) is 36.5 Å². The van der Waals surface area contributed by atoms with Crippen LogP contribution in [0, 0.1) is 5.41 Å². The van der Waals surface area contributed by atoms with Gasteiger partial charge in [-0.05, 0) is 18.3 Å². The number of nitrogens with zero attached hydrogens (tertiary/aromatic N) is 1. The molecule has 0 bridgehead atoms. The van der Waals surface area contributed by atoms with Crippen LogP contribution in [0.15, 0.2) is 0 Å². The third-order valence-electron chi connectivity index (χ3n) is 3.45. The summed E-state index contributed by atoms with van der Waals surface area (Å²) in [5.74, 6) is 2.65. The normalized spacial score (nSPS) is 19.9. The third-order valence-corrected chi connectivity index (χ3v) is 5.58. The Kier molecular flexibility index (Phi) is 5.87. The van der Waals surface area contributed by atoms with Crippen LogP contribution in [0.4, 0.5) is 0 Å². The predicted molar refractivity (Wildman–Crippen MR) is 70.6 cm³/mol. The minimum absolute atomic E-state index is 0.516. The molecule has 14 heavy (non-hydrogen) atoms. The maximum atomic E-state index is 3.69. The zero-order chi connectivity index (χ0) is 10.4. The molecule has 1 aliphatic rings. The average Bonchev–Trinajstić information content (AvgIpc) is 2.28. The quantitative estimate of drug-likeness (QED) is 0.711. The molecule has 84 valence electrons. The summed E-state index contributed by atoms with van der Waals surface area (Å²) in [7, 11) is 0. The van der Waals surface area contributed by atoms with E-state index >= 15 is 0 Å². The van der Waals surface area contributed by atoms with Gasteiger partial charge in [0.1, 0.15) is 0 Å². The molecule has 0 aromatic carbocycles. The molecule has 0 saturated carbocycles. The number of hydrogen-bond donors (Lipinski definition) is 0. The Morgan fingerprint density at radius 2 is 1.79 bits per heavy atom. The monoisotopic (exact) mass is 279 g/mol. The van der Waals surface area contributed by atoms with Gasteiger partial charge >= 0.3 is 0 Å². The van der Waals surface area contributed by atoms with Crippen LogP contribution in [0.5, 0.6) is 0 Å². The minimum Gasteiger partial charge on any atom is -0.301 e. The molecule has 0 N–H and O–H groups in total. The molecule has 1 aliphatic heterocycles. The SMILES string of the molecule is CCC(CC)(CBr)CN1CCSCC1. The maximum Gasteiger partial charge on any atom is 0.01000 e. The van der Waals surface area contributed by atoms with Gasteiger partial charge < -0.3 is 4.90 Å². The Hall–Kier alpha value is 0.790. The lowest BCUT2D eigenvalue weighted by atomic mass is 9.84. The van der Waals surface area contributed by atoms with Crippen LogP contribution in [0.3, 0.4) is 0 Å². The zero-order valence-corrected chi connectivity index (χ0v) is 11.8. The lowest BCUT2D eigenvalue weighted by Crippen LogP contribution is -2.42. The fourth-order valence-electron chi connectivity index (χ4n) is 1.94. The first-order chi connectivity index (χ1) is 6.76. The number of thioether (sulfide) groups is 1. The molecular weight excluding hydrogens is 258 g/mol. The van der Waals surface area contributed by atoms with Gasteiger partial charge in [0, 0.05) is 36.5 Å². The van der Waals surface area contributed by atoms with Crippen molar-refractivity contribution in [2.45, 2.75) is 26.7 Å². The summed E-state index contributed by atoms with van der Waals surface area (Å²) in [6.07, 6.45) is 2.58. The molecule has 0 aliphatic carbocycles. The Morgan fingerprint density at radius 1 is 1.21 bits per heavy atom. The van der Waals surface area contributed by atoms with Crippen molar-refractivity contribution in [1.29, 1.82) is 0 Å². The highest BCUT2D eigenvalue weighted by Gasteiger charge is 2.28. The molecule has 0 spiro atoms. The Bertz CT molecular complexity index is 145. The van der Waals surface area contributed by atoms with Gasteiger partial charge in [0.05, 0.1) is 0 Å². The highest BCUT2D eigenvalue weighted by Crippen LogP contribution is 2.30. The molecule has 0 aromatic rings. The lowest BCUT2D eigenvalue weighted by molar-refractivity contribution is 0.170. The first kappa shape index (κ1) is 12.9. The van der Waals surface area contributed by atoms with Gasteiger partial charge in [0.15, 0.2) is 0 Å². The Balaban J connectivity index is 2.44. The average molecular weight is 280 g/mol. The van der Waals surface area contributed by atoms with Crippen molar-refractivity contribution in [3.63, 3.8) is 0 Å². The van der Waals surface area contributed by atoms with Gasteiger partial charge in [-0.3, -0.25) is 0 Å². The van der Waals surface area contributed by atoms with Crippen molar-refractivity contribution < 1.29 is 0 Å². The first-order valence-corrected chi connectivity index (χ1v) is 7.90. The van der Waals surface area contributed by atoms with E-state index in [4.69, 9.17) is 0 Å². The molecule has 3 heteroatoms. The summed E-state index contributed by atoms with van der Waals surface area (Å²) in [4.78, 5) is 2.64. The fraction of sp³-hybridized carbons (Fsp3) is 1.00.